The van der Waals surface area contributed by atoms with Gasteiger partial charge in [0.05, 0.1) is 11.1 Å². The molecule has 1 N–H and O–H groups in total. The van der Waals surface area contributed by atoms with Crippen molar-refractivity contribution in [3.05, 3.63) is 35.2 Å². The highest BCUT2D eigenvalue weighted by atomic mass is 35.5. The second kappa shape index (κ2) is 5.93. The topological polar surface area (TPSA) is 29.1 Å². The molecule has 0 unspecified atom stereocenters. The second-order valence-corrected chi connectivity index (χ2v) is 5.90. The van der Waals surface area contributed by atoms with Crippen LogP contribution in [-0.2, 0) is 0 Å². The number of nitrogens with one attached hydrogen (secondary N) is 1. The predicted molar refractivity (Wildman–Crippen MR) is 83.3 cm³/mol. The summed E-state index contributed by atoms with van der Waals surface area (Å²) in [6.07, 6.45) is 1.67. The minimum Gasteiger partial charge on any atom is -0.345 e. The molecule has 0 fully saturated rings. The van der Waals surface area contributed by atoms with E-state index >= 15 is 0 Å². The van der Waals surface area contributed by atoms with Crippen molar-refractivity contribution in [3.8, 4) is 0 Å². The fourth-order valence-corrected chi connectivity index (χ4v) is 3.50. The number of benzene rings is 1. The second-order valence-electron chi connectivity index (χ2n) is 4.72. The number of fused-ring (bicyclic) bond motifs is 1. The quantitative estimate of drug-likeness (QED) is 0.812. The Balaban J connectivity index is 2.29. The number of hydrogen-bond acceptors (Lipinski definition) is 2. The summed E-state index contributed by atoms with van der Waals surface area (Å²) in [7, 11) is 0. The van der Waals surface area contributed by atoms with E-state index in [1.165, 1.54) is 0 Å². The van der Waals surface area contributed by atoms with Crippen molar-refractivity contribution >= 4 is 38.9 Å². The third-order valence-electron chi connectivity index (χ3n) is 3.71. The van der Waals surface area contributed by atoms with Gasteiger partial charge in [-0.05, 0) is 18.9 Å². The van der Waals surface area contributed by atoms with Crippen LogP contribution in [0.25, 0.3) is 10.1 Å². The zero-order chi connectivity index (χ0) is 13.9. The van der Waals surface area contributed by atoms with Crippen molar-refractivity contribution in [1.29, 1.82) is 0 Å². The first-order valence-electron chi connectivity index (χ1n) is 6.50. The lowest BCUT2D eigenvalue weighted by Gasteiger charge is -2.30. The highest BCUT2D eigenvalue weighted by molar-refractivity contribution is 7.17. The molecule has 0 aliphatic carbocycles. The first-order chi connectivity index (χ1) is 9.15. The van der Waals surface area contributed by atoms with Gasteiger partial charge in [0.1, 0.15) is 0 Å². The zero-order valence-electron chi connectivity index (χ0n) is 11.2. The molecule has 0 atom stereocenters. The van der Waals surface area contributed by atoms with Crippen LogP contribution in [0.4, 0.5) is 0 Å². The van der Waals surface area contributed by atoms with E-state index in [4.69, 9.17) is 11.6 Å². The van der Waals surface area contributed by atoms with Crippen LogP contribution in [0.1, 0.15) is 37.0 Å². The lowest BCUT2D eigenvalue weighted by atomic mass is 9.94. The molecule has 0 spiro atoms. The van der Waals surface area contributed by atoms with Crippen LogP contribution < -0.4 is 5.32 Å². The monoisotopic (exact) mass is 295 g/mol. The molecular weight excluding hydrogens is 278 g/mol. The average molecular weight is 296 g/mol. The van der Waals surface area contributed by atoms with E-state index in [0.717, 1.165) is 28.5 Å². The maximum Gasteiger partial charge on any atom is 0.253 e. The highest BCUT2D eigenvalue weighted by Crippen LogP contribution is 2.26. The van der Waals surface area contributed by atoms with Crippen molar-refractivity contribution in [2.24, 2.45) is 0 Å². The van der Waals surface area contributed by atoms with Crippen molar-refractivity contribution in [2.45, 2.75) is 32.2 Å². The van der Waals surface area contributed by atoms with Crippen molar-refractivity contribution < 1.29 is 4.79 Å². The summed E-state index contributed by atoms with van der Waals surface area (Å²) in [6.45, 7) is 4.11. The summed E-state index contributed by atoms with van der Waals surface area (Å²) in [4.78, 5) is 12.4. The molecule has 0 aliphatic rings. The minimum absolute atomic E-state index is 0.0261. The Morgan fingerprint density at radius 3 is 2.63 bits per heavy atom. The van der Waals surface area contributed by atoms with Gasteiger partial charge in [-0.2, -0.15) is 0 Å². The first kappa shape index (κ1) is 14.4. The van der Waals surface area contributed by atoms with Gasteiger partial charge in [-0.25, -0.2) is 0 Å². The molecule has 102 valence electrons. The number of carbonyl (C=O) groups is 1. The molecule has 1 heterocycles. The molecule has 0 saturated carbocycles. The van der Waals surface area contributed by atoms with Gasteiger partial charge in [-0.3, -0.25) is 4.79 Å². The summed E-state index contributed by atoms with van der Waals surface area (Å²) in [5.74, 6) is 0.412. The molecule has 19 heavy (non-hydrogen) atoms. The van der Waals surface area contributed by atoms with Gasteiger partial charge in [-0.15, -0.1) is 22.9 Å². The third-order valence-corrected chi connectivity index (χ3v) is 5.19. The van der Waals surface area contributed by atoms with E-state index in [0.29, 0.717) is 5.88 Å². The van der Waals surface area contributed by atoms with Gasteiger partial charge < -0.3 is 5.32 Å². The molecule has 0 bridgehead atoms. The maximum absolute atomic E-state index is 12.4. The number of amides is 1. The van der Waals surface area contributed by atoms with Gasteiger partial charge in [0, 0.05) is 21.3 Å². The molecule has 1 amide bonds. The Hall–Kier alpha value is -1.06. The van der Waals surface area contributed by atoms with Crippen LogP contribution in [0.2, 0.25) is 0 Å². The lowest BCUT2D eigenvalue weighted by Crippen LogP contribution is -2.49. The van der Waals surface area contributed by atoms with E-state index in [2.05, 4.69) is 19.2 Å². The van der Waals surface area contributed by atoms with Gasteiger partial charge in [-0.1, -0.05) is 32.0 Å². The predicted octanol–water partition coefficient (Wildman–Crippen LogP) is 4.43. The van der Waals surface area contributed by atoms with Crippen LogP contribution in [0.15, 0.2) is 29.6 Å². The van der Waals surface area contributed by atoms with Gasteiger partial charge >= 0.3 is 0 Å². The first-order valence-corrected chi connectivity index (χ1v) is 7.92. The molecule has 2 nitrogen and oxygen atoms in total. The number of thiophene rings is 1. The van der Waals surface area contributed by atoms with Crippen molar-refractivity contribution in [2.75, 3.05) is 5.88 Å². The zero-order valence-corrected chi connectivity index (χ0v) is 12.8. The van der Waals surface area contributed by atoms with Crippen LogP contribution in [0.3, 0.4) is 0 Å². The molecule has 2 aromatic rings. The molecule has 2 rings (SSSR count). The van der Waals surface area contributed by atoms with E-state index in [-0.39, 0.29) is 11.4 Å². The SMILES string of the molecule is CCC(CC)(CCl)NC(=O)c1csc2ccccc12. The molecular formula is C15H18ClNOS. The minimum atomic E-state index is -0.304. The Labute approximate surface area is 122 Å². The number of alkyl halides is 1. The van der Waals surface area contributed by atoms with Crippen LogP contribution in [0.5, 0.6) is 0 Å². The number of halogens is 1. The van der Waals surface area contributed by atoms with E-state index in [1.807, 2.05) is 29.6 Å². The summed E-state index contributed by atoms with van der Waals surface area (Å²) in [6, 6.07) is 7.97. The summed E-state index contributed by atoms with van der Waals surface area (Å²) >= 11 is 7.63. The third kappa shape index (κ3) is 2.77. The van der Waals surface area contributed by atoms with Gasteiger partial charge in [0.15, 0.2) is 0 Å². The molecule has 4 heteroatoms. The average Bonchev–Trinajstić information content (AvgIpc) is 2.89. The largest absolute Gasteiger partial charge is 0.345 e. The van der Waals surface area contributed by atoms with E-state index in [9.17, 15) is 4.79 Å². The summed E-state index contributed by atoms with van der Waals surface area (Å²) < 4.78 is 1.14. The van der Waals surface area contributed by atoms with Crippen LogP contribution >= 0.6 is 22.9 Å². The maximum atomic E-state index is 12.4. The number of rotatable bonds is 5. The van der Waals surface area contributed by atoms with Crippen LogP contribution in [-0.4, -0.2) is 17.3 Å². The molecule has 0 saturated heterocycles. The fraction of sp³-hybridized carbons (Fsp3) is 0.400. The van der Waals surface area contributed by atoms with Gasteiger partial charge in [0.2, 0.25) is 0 Å². The standard InChI is InChI=1S/C15H18ClNOS/c1-3-15(4-2,10-16)17-14(18)12-9-19-13-8-6-5-7-11(12)13/h5-9H,3-4,10H2,1-2H3,(H,17,18). The van der Waals surface area contributed by atoms with E-state index < -0.39 is 0 Å². The Morgan fingerprint density at radius 1 is 1.32 bits per heavy atom. The molecule has 0 radical (unpaired) electrons. The van der Waals surface area contributed by atoms with E-state index in [1.54, 1.807) is 11.3 Å². The lowest BCUT2D eigenvalue weighted by molar-refractivity contribution is 0.0904. The Kier molecular flexibility index (Phi) is 4.48. The van der Waals surface area contributed by atoms with Crippen LogP contribution in [0, 0.1) is 0 Å². The number of hydrogen-bond donors (Lipinski definition) is 1. The summed E-state index contributed by atoms with van der Waals surface area (Å²) in [5, 5.41) is 6.05. The molecule has 1 aromatic heterocycles. The Morgan fingerprint density at radius 2 is 2.00 bits per heavy atom. The van der Waals surface area contributed by atoms with Crippen molar-refractivity contribution in [1.82, 2.24) is 5.32 Å². The highest BCUT2D eigenvalue weighted by Gasteiger charge is 2.28. The fourth-order valence-electron chi connectivity index (χ4n) is 2.11. The molecule has 0 aliphatic heterocycles. The van der Waals surface area contributed by atoms with Crippen molar-refractivity contribution in [3.63, 3.8) is 0 Å². The van der Waals surface area contributed by atoms with Gasteiger partial charge in [0.25, 0.3) is 5.91 Å². The molecule has 1 aromatic carbocycles. The number of carbonyl (C=O) groups excluding carboxylic acids is 1. The normalized spacial score (nSPS) is 11.7. The Bertz CT molecular complexity index is 566. The smallest absolute Gasteiger partial charge is 0.253 e. The summed E-state index contributed by atoms with van der Waals surface area (Å²) in [5.41, 5.74) is 0.443.